The van der Waals surface area contributed by atoms with Crippen LogP contribution in [0.2, 0.25) is 0 Å². The van der Waals surface area contributed by atoms with Crippen molar-refractivity contribution in [3.8, 4) is 0 Å². The normalized spacial score (nSPS) is 11.0. The van der Waals surface area contributed by atoms with Gasteiger partial charge in [-0.15, -0.1) is 22.7 Å². The van der Waals surface area contributed by atoms with Crippen LogP contribution in [0.1, 0.15) is 9.75 Å². The lowest BCUT2D eigenvalue weighted by Crippen LogP contribution is -1.63. The molecule has 0 aromatic carbocycles. The summed E-state index contributed by atoms with van der Waals surface area (Å²) in [5.74, 6) is 0. The Labute approximate surface area is 79.8 Å². The van der Waals surface area contributed by atoms with E-state index in [1.165, 1.54) is 0 Å². The predicted octanol–water partition coefficient (Wildman–Crippen LogP) is 3.37. The van der Waals surface area contributed by atoms with E-state index in [0.717, 1.165) is 9.75 Å². The fraction of sp³-hybridized carbons (Fsp3) is 0. The second-order valence-corrected chi connectivity index (χ2v) is 4.10. The maximum absolute atomic E-state index is 3.11. The molecule has 0 N–H and O–H groups in total. The quantitative estimate of drug-likeness (QED) is 0.681. The van der Waals surface area contributed by atoms with Gasteiger partial charge in [-0.25, -0.2) is 0 Å². The third-order valence-electron chi connectivity index (χ3n) is 1.35. The summed E-state index contributed by atoms with van der Waals surface area (Å²) >= 11 is 3.35. The first-order chi connectivity index (χ1) is 5.95. The van der Waals surface area contributed by atoms with Crippen molar-refractivity contribution in [2.75, 3.05) is 0 Å². The summed E-state index contributed by atoms with van der Waals surface area (Å²) < 4.78 is 0. The van der Waals surface area contributed by atoms with Gasteiger partial charge in [0.15, 0.2) is 0 Å². The van der Waals surface area contributed by atoms with Crippen LogP contribution in [0.15, 0.2) is 35.0 Å². The number of thiophene rings is 2. The maximum Gasteiger partial charge on any atom is 0.0356 e. The third kappa shape index (κ3) is 1.84. The van der Waals surface area contributed by atoms with Gasteiger partial charge in [-0.2, -0.15) is 0 Å². The topological polar surface area (TPSA) is 0 Å². The Morgan fingerprint density at radius 1 is 0.833 bits per heavy atom. The lowest BCUT2D eigenvalue weighted by atomic mass is 10.4. The van der Waals surface area contributed by atoms with Crippen LogP contribution in [0.5, 0.6) is 0 Å². The molecule has 0 unspecified atom stereocenters. The molecule has 2 radical (unpaired) electrons. The molecule has 0 aliphatic heterocycles. The molecule has 2 heterocycles. The van der Waals surface area contributed by atoms with Gasteiger partial charge >= 0.3 is 0 Å². The molecule has 0 nitrogen and oxygen atoms in total. The lowest BCUT2D eigenvalue weighted by molar-refractivity contribution is 1.68. The van der Waals surface area contributed by atoms with Crippen molar-refractivity contribution >= 4 is 22.7 Å². The van der Waals surface area contributed by atoms with Crippen LogP contribution in [0.4, 0.5) is 0 Å². The molecule has 0 aliphatic rings. The summed E-state index contributed by atoms with van der Waals surface area (Å²) in [6.45, 7) is 0. The molecule has 0 saturated carbocycles. The van der Waals surface area contributed by atoms with E-state index in [9.17, 15) is 0 Å². The molecule has 2 aromatic heterocycles. The highest BCUT2D eigenvalue weighted by molar-refractivity contribution is 7.10. The Hall–Kier alpha value is -0.860. The van der Waals surface area contributed by atoms with E-state index in [2.05, 4.69) is 12.2 Å². The average Bonchev–Trinajstić information content (AvgIpc) is 2.74. The Bertz CT molecular complexity index is 305. The van der Waals surface area contributed by atoms with Gasteiger partial charge in [0, 0.05) is 21.9 Å². The molecule has 0 bridgehead atoms. The third-order valence-corrected chi connectivity index (χ3v) is 2.92. The van der Waals surface area contributed by atoms with Crippen molar-refractivity contribution in [2.24, 2.45) is 0 Å². The summed E-state index contributed by atoms with van der Waals surface area (Å²) in [6.07, 6.45) is 6.21. The zero-order chi connectivity index (χ0) is 8.23. The Morgan fingerprint density at radius 2 is 1.33 bits per heavy atom. The molecule has 0 spiro atoms. The van der Waals surface area contributed by atoms with Gasteiger partial charge in [-0.3, -0.25) is 0 Å². The van der Waals surface area contributed by atoms with Crippen molar-refractivity contribution in [3.63, 3.8) is 0 Å². The first-order valence-corrected chi connectivity index (χ1v) is 5.30. The van der Waals surface area contributed by atoms with Crippen molar-refractivity contribution in [2.45, 2.75) is 0 Å². The van der Waals surface area contributed by atoms with Gasteiger partial charge < -0.3 is 0 Å². The molecule has 0 aliphatic carbocycles. The van der Waals surface area contributed by atoms with Crippen molar-refractivity contribution < 1.29 is 0 Å². The fourth-order valence-electron chi connectivity index (χ4n) is 0.823. The molecule has 2 aromatic rings. The minimum atomic E-state index is 1.13. The van der Waals surface area contributed by atoms with E-state index >= 15 is 0 Å². The minimum absolute atomic E-state index is 1.13. The molecule has 0 saturated heterocycles. The Morgan fingerprint density at radius 3 is 1.67 bits per heavy atom. The molecule has 0 fully saturated rings. The number of hydrogen-bond donors (Lipinski definition) is 0. The fourth-order valence-corrected chi connectivity index (χ4v) is 1.96. The lowest BCUT2D eigenvalue weighted by Gasteiger charge is -1.80. The van der Waals surface area contributed by atoms with E-state index in [1.807, 2.05) is 35.0 Å². The van der Waals surface area contributed by atoms with E-state index in [1.54, 1.807) is 22.7 Å². The zero-order valence-corrected chi connectivity index (χ0v) is 7.91. The summed E-state index contributed by atoms with van der Waals surface area (Å²) in [7, 11) is 0. The van der Waals surface area contributed by atoms with Crippen LogP contribution in [-0.4, -0.2) is 0 Å². The standard InChI is InChI=1S/C10H6S2/c1-3-9(11-7-1)5-6-10-4-2-8-12-10/h1-4,7-8H. The van der Waals surface area contributed by atoms with Gasteiger partial charge in [0.05, 0.1) is 0 Å². The summed E-state index contributed by atoms with van der Waals surface area (Å²) in [5.41, 5.74) is 0. The highest BCUT2D eigenvalue weighted by Crippen LogP contribution is 2.12. The van der Waals surface area contributed by atoms with E-state index in [4.69, 9.17) is 0 Å². The molecular weight excluding hydrogens is 184 g/mol. The first kappa shape index (κ1) is 7.77. The summed E-state index contributed by atoms with van der Waals surface area (Å²) in [5, 5.41) is 4.08. The number of hydrogen-bond acceptors (Lipinski definition) is 2. The molecule has 0 amide bonds. The van der Waals surface area contributed by atoms with Crippen LogP contribution >= 0.6 is 22.7 Å². The predicted molar refractivity (Wildman–Crippen MR) is 53.3 cm³/mol. The van der Waals surface area contributed by atoms with Crippen LogP contribution in [0, 0.1) is 12.2 Å². The van der Waals surface area contributed by atoms with Crippen LogP contribution in [-0.2, 0) is 0 Å². The van der Waals surface area contributed by atoms with Gasteiger partial charge in [-0.1, -0.05) is 12.1 Å². The van der Waals surface area contributed by atoms with E-state index < -0.39 is 0 Å². The van der Waals surface area contributed by atoms with Crippen LogP contribution in [0.3, 0.4) is 0 Å². The molecule has 0 atom stereocenters. The number of rotatable bonds is 2. The summed E-state index contributed by atoms with van der Waals surface area (Å²) in [6, 6.07) is 8.10. The smallest absolute Gasteiger partial charge is 0.0356 e. The highest BCUT2D eigenvalue weighted by atomic mass is 32.1. The maximum atomic E-state index is 3.11. The van der Waals surface area contributed by atoms with Crippen LogP contribution in [0.25, 0.3) is 0 Å². The van der Waals surface area contributed by atoms with Crippen molar-refractivity contribution in [3.05, 3.63) is 56.9 Å². The molecule has 2 heteroatoms. The molecule has 58 valence electrons. The van der Waals surface area contributed by atoms with Gasteiger partial charge in [0.1, 0.15) is 0 Å². The molecule has 2 rings (SSSR count). The van der Waals surface area contributed by atoms with E-state index in [-0.39, 0.29) is 0 Å². The zero-order valence-electron chi connectivity index (χ0n) is 6.28. The van der Waals surface area contributed by atoms with Gasteiger partial charge in [0.2, 0.25) is 0 Å². The minimum Gasteiger partial charge on any atom is -0.144 e. The first-order valence-electron chi connectivity index (χ1n) is 3.54. The highest BCUT2D eigenvalue weighted by Gasteiger charge is 1.89. The van der Waals surface area contributed by atoms with Crippen molar-refractivity contribution in [1.82, 2.24) is 0 Å². The summed E-state index contributed by atoms with van der Waals surface area (Å²) in [4.78, 5) is 2.26. The second kappa shape index (κ2) is 3.70. The largest absolute Gasteiger partial charge is 0.144 e. The molecular formula is C10H6S2. The van der Waals surface area contributed by atoms with Crippen molar-refractivity contribution in [1.29, 1.82) is 0 Å². The Balaban J connectivity index is 2.14. The molecule has 12 heavy (non-hydrogen) atoms. The van der Waals surface area contributed by atoms with E-state index in [0.29, 0.717) is 0 Å². The van der Waals surface area contributed by atoms with Crippen LogP contribution < -0.4 is 0 Å². The second-order valence-electron chi connectivity index (χ2n) is 2.20. The SMILES string of the molecule is [C](=[C]\c1cccs1)/c1cccs1. The monoisotopic (exact) mass is 190 g/mol. The van der Waals surface area contributed by atoms with Gasteiger partial charge in [-0.05, 0) is 22.9 Å². The Kier molecular flexibility index (Phi) is 2.39. The van der Waals surface area contributed by atoms with Gasteiger partial charge in [0.25, 0.3) is 0 Å². The average molecular weight is 190 g/mol.